The highest BCUT2D eigenvalue weighted by atomic mass is 19.4. The lowest BCUT2D eigenvalue weighted by Gasteiger charge is -2.13. The highest BCUT2D eigenvalue weighted by molar-refractivity contribution is 6.00. The number of alkyl halides is 3. The summed E-state index contributed by atoms with van der Waals surface area (Å²) in [7, 11) is 0. The number of hydrogen-bond donors (Lipinski definition) is 1. The van der Waals surface area contributed by atoms with E-state index in [-0.39, 0.29) is 23.4 Å². The van der Waals surface area contributed by atoms with Gasteiger partial charge < -0.3 is 5.32 Å². The number of carbonyl (C=O) groups is 1. The Hall–Kier alpha value is -3.68. The van der Waals surface area contributed by atoms with Gasteiger partial charge in [-0.3, -0.25) is 4.79 Å². The first-order chi connectivity index (χ1) is 13.9. The van der Waals surface area contributed by atoms with Gasteiger partial charge in [-0.1, -0.05) is 48.5 Å². The first-order valence-electron chi connectivity index (χ1n) is 8.73. The molecule has 0 aliphatic rings. The van der Waals surface area contributed by atoms with E-state index in [1.165, 1.54) is 6.08 Å². The van der Waals surface area contributed by atoms with Crippen LogP contribution in [0.1, 0.15) is 16.1 Å². The summed E-state index contributed by atoms with van der Waals surface area (Å²) in [6.45, 7) is 3.68. The molecule has 5 nitrogen and oxygen atoms in total. The van der Waals surface area contributed by atoms with E-state index in [1.54, 1.807) is 12.1 Å². The summed E-state index contributed by atoms with van der Waals surface area (Å²) in [5.41, 5.74) is -0.563. The minimum absolute atomic E-state index is 0.0422. The van der Waals surface area contributed by atoms with Crippen LogP contribution in [0.15, 0.2) is 67.4 Å². The molecule has 1 N–H and O–H groups in total. The molecule has 0 unspecified atom stereocenters. The van der Waals surface area contributed by atoms with E-state index in [0.29, 0.717) is 10.1 Å². The van der Waals surface area contributed by atoms with Crippen molar-refractivity contribution < 1.29 is 18.0 Å². The van der Waals surface area contributed by atoms with Gasteiger partial charge in [0, 0.05) is 12.1 Å². The van der Waals surface area contributed by atoms with Gasteiger partial charge in [0.15, 0.2) is 11.3 Å². The van der Waals surface area contributed by atoms with Crippen LogP contribution in [0.25, 0.3) is 27.7 Å². The molecule has 0 saturated heterocycles. The van der Waals surface area contributed by atoms with Crippen LogP contribution in [0.2, 0.25) is 0 Å². The fourth-order valence-electron chi connectivity index (χ4n) is 3.17. The molecule has 146 valence electrons. The number of fused-ring (bicyclic) bond motifs is 2. The second kappa shape index (κ2) is 7.05. The standard InChI is InChI=1S/C21H15F3N4O/c1-2-10-25-20(29)16-12-26-28-18(21(22,23)24)11-17(27-19(16)28)15-9-5-7-13-6-3-4-8-14(13)15/h2-9,11-12H,1,10H2,(H,25,29). The first kappa shape index (κ1) is 18.7. The van der Waals surface area contributed by atoms with Gasteiger partial charge in [-0.15, -0.1) is 6.58 Å². The molecule has 0 atom stereocenters. The lowest BCUT2D eigenvalue weighted by molar-refractivity contribution is -0.142. The van der Waals surface area contributed by atoms with Crippen molar-refractivity contribution >= 4 is 22.3 Å². The van der Waals surface area contributed by atoms with Gasteiger partial charge in [0.05, 0.1) is 11.9 Å². The van der Waals surface area contributed by atoms with Crippen LogP contribution in [0.5, 0.6) is 0 Å². The molecule has 0 saturated carbocycles. The number of rotatable bonds is 4. The predicted octanol–water partition coefficient (Wildman–Crippen LogP) is 4.48. The zero-order valence-electron chi connectivity index (χ0n) is 15.1. The van der Waals surface area contributed by atoms with Crippen molar-refractivity contribution in [3.63, 3.8) is 0 Å². The van der Waals surface area contributed by atoms with Crippen molar-refractivity contribution in [2.75, 3.05) is 6.54 Å². The molecular weight excluding hydrogens is 381 g/mol. The van der Waals surface area contributed by atoms with Crippen LogP contribution in [0, 0.1) is 0 Å². The molecule has 2 heterocycles. The number of halogens is 3. The Morgan fingerprint density at radius 3 is 2.69 bits per heavy atom. The Labute approximate surface area is 163 Å². The van der Waals surface area contributed by atoms with Crippen LogP contribution >= 0.6 is 0 Å². The quantitative estimate of drug-likeness (QED) is 0.518. The lowest BCUT2D eigenvalue weighted by Crippen LogP contribution is -2.23. The SMILES string of the molecule is C=CCNC(=O)c1cnn2c(C(F)(F)F)cc(-c3cccc4ccccc34)nc12. The Morgan fingerprint density at radius 1 is 1.17 bits per heavy atom. The van der Waals surface area contributed by atoms with Gasteiger partial charge in [0.2, 0.25) is 0 Å². The Kier molecular flexibility index (Phi) is 4.54. The monoisotopic (exact) mass is 396 g/mol. The minimum atomic E-state index is -4.68. The van der Waals surface area contributed by atoms with Crippen molar-refractivity contribution in [2.45, 2.75) is 6.18 Å². The number of nitrogens with zero attached hydrogens (tertiary/aromatic N) is 3. The normalized spacial score (nSPS) is 11.7. The number of carbonyl (C=O) groups excluding carboxylic acids is 1. The Bertz CT molecular complexity index is 1240. The topological polar surface area (TPSA) is 59.3 Å². The van der Waals surface area contributed by atoms with Gasteiger partial charge in [-0.05, 0) is 16.8 Å². The molecule has 0 aliphatic carbocycles. The zero-order chi connectivity index (χ0) is 20.6. The summed E-state index contributed by atoms with van der Waals surface area (Å²) in [6.07, 6.45) is -2.12. The minimum Gasteiger partial charge on any atom is -0.348 e. The van der Waals surface area contributed by atoms with E-state index in [0.717, 1.165) is 23.0 Å². The molecule has 1 amide bonds. The summed E-state index contributed by atoms with van der Waals surface area (Å²) in [5, 5.41) is 7.94. The summed E-state index contributed by atoms with van der Waals surface area (Å²) >= 11 is 0. The van der Waals surface area contributed by atoms with Gasteiger partial charge in [0.25, 0.3) is 5.91 Å². The maximum absolute atomic E-state index is 13.7. The summed E-state index contributed by atoms with van der Waals surface area (Å²) < 4.78 is 41.9. The molecule has 4 aromatic rings. The van der Waals surface area contributed by atoms with E-state index in [4.69, 9.17) is 0 Å². The summed E-state index contributed by atoms with van der Waals surface area (Å²) in [4.78, 5) is 16.7. The van der Waals surface area contributed by atoms with Crippen molar-refractivity contribution in [1.82, 2.24) is 19.9 Å². The van der Waals surface area contributed by atoms with Gasteiger partial charge in [-0.2, -0.15) is 18.3 Å². The Balaban J connectivity index is 1.99. The van der Waals surface area contributed by atoms with E-state index < -0.39 is 17.8 Å². The second-order valence-electron chi connectivity index (χ2n) is 6.34. The predicted molar refractivity (Wildman–Crippen MR) is 103 cm³/mol. The van der Waals surface area contributed by atoms with Gasteiger partial charge in [0.1, 0.15) is 5.56 Å². The van der Waals surface area contributed by atoms with Crippen LogP contribution in [-0.4, -0.2) is 27.0 Å². The fraction of sp³-hybridized carbons (Fsp3) is 0.0952. The number of aromatic nitrogens is 3. The van der Waals surface area contributed by atoms with E-state index >= 15 is 0 Å². The smallest absolute Gasteiger partial charge is 0.348 e. The molecule has 4 rings (SSSR count). The largest absolute Gasteiger partial charge is 0.433 e. The molecule has 0 fully saturated rings. The van der Waals surface area contributed by atoms with Crippen molar-refractivity contribution in [3.05, 3.63) is 78.6 Å². The van der Waals surface area contributed by atoms with Crippen molar-refractivity contribution in [2.24, 2.45) is 0 Å². The first-order valence-corrected chi connectivity index (χ1v) is 8.73. The maximum atomic E-state index is 13.7. The van der Waals surface area contributed by atoms with Crippen LogP contribution < -0.4 is 5.32 Å². The van der Waals surface area contributed by atoms with E-state index in [2.05, 4.69) is 22.0 Å². The molecule has 0 spiro atoms. The maximum Gasteiger partial charge on any atom is 0.433 e. The van der Waals surface area contributed by atoms with Crippen LogP contribution in [0.4, 0.5) is 13.2 Å². The second-order valence-corrected chi connectivity index (χ2v) is 6.34. The Morgan fingerprint density at radius 2 is 1.93 bits per heavy atom. The molecule has 0 aliphatic heterocycles. The zero-order valence-corrected chi connectivity index (χ0v) is 15.1. The molecule has 0 bridgehead atoms. The molecule has 0 radical (unpaired) electrons. The van der Waals surface area contributed by atoms with Crippen molar-refractivity contribution in [3.8, 4) is 11.3 Å². The number of benzene rings is 2. The summed E-state index contributed by atoms with van der Waals surface area (Å²) in [6, 6.07) is 13.6. The molecule has 2 aromatic heterocycles. The van der Waals surface area contributed by atoms with Crippen LogP contribution in [0.3, 0.4) is 0 Å². The van der Waals surface area contributed by atoms with Crippen molar-refractivity contribution in [1.29, 1.82) is 0 Å². The third-order valence-electron chi connectivity index (χ3n) is 4.48. The summed E-state index contributed by atoms with van der Waals surface area (Å²) in [5.74, 6) is -0.574. The fourth-order valence-corrected chi connectivity index (χ4v) is 3.17. The number of nitrogens with one attached hydrogen (secondary N) is 1. The van der Waals surface area contributed by atoms with E-state index in [9.17, 15) is 18.0 Å². The van der Waals surface area contributed by atoms with Gasteiger partial charge in [-0.25, -0.2) is 9.50 Å². The highest BCUT2D eigenvalue weighted by Crippen LogP contribution is 2.34. The molecule has 2 aromatic carbocycles. The third-order valence-corrected chi connectivity index (χ3v) is 4.48. The highest BCUT2D eigenvalue weighted by Gasteiger charge is 2.36. The average Bonchev–Trinajstić information content (AvgIpc) is 3.14. The molecule has 8 heteroatoms. The molecule has 29 heavy (non-hydrogen) atoms. The van der Waals surface area contributed by atoms with Gasteiger partial charge >= 0.3 is 6.18 Å². The number of amides is 1. The number of hydrogen-bond acceptors (Lipinski definition) is 3. The molecular formula is C21H15F3N4O. The third kappa shape index (κ3) is 3.33. The average molecular weight is 396 g/mol. The van der Waals surface area contributed by atoms with Crippen LogP contribution in [-0.2, 0) is 6.18 Å². The lowest BCUT2D eigenvalue weighted by atomic mass is 10.0. The van der Waals surface area contributed by atoms with E-state index in [1.807, 2.05) is 30.3 Å².